The van der Waals surface area contributed by atoms with Crippen LogP contribution >= 0.6 is 46.1 Å². The average molecular weight is 511 g/mol. The Morgan fingerprint density at radius 3 is 2.50 bits per heavy atom. The van der Waals surface area contributed by atoms with E-state index in [2.05, 4.69) is 0 Å². The first kappa shape index (κ1) is 22.5. The van der Waals surface area contributed by atoms with Crippen molar-refractivity contribution in [1.82, 2.24) is 0 Å². The molecule has 2 heterocycles. The van der Waals surface area contributed by atoms with Crippen molar-refractivity contribution < 1.29 is 24.5 Å². The molecule has 1 fully saturated rings. The van der Waals surface area contributed by atoms with Crippen LogP contribution in [0.2, 0.25) is 15.1 Å². The summed E-state index contributed by atoms with van der Waals surface area (Å²) in [7, 11) is 1.35. The highest BCUT2D eigenvalue weighted by atomic mass is 35.5. The molecule has 1 amide bonds. The molecule has 2 N–H and O–H groups in total. The number of nitrogens with zero attached hydrogens (tertiary/aromatic N) is 1. The molecule has 3 aromatic rings. The van der Waals surface area contributed by atoms with Crippen LogP contribution in [0.5, 0.6) is 11.5 Å². The molecule has 10 heteroatoms. The predicted octanol–water partition coefficient (Wildman–Crippen LogP) is 6.05. The summed E-state index contributed by atoms with van der Waals surface area (Å²) in [6.07, 6.45) is 0. The number of hydrogen-bond acceptors (Lipinski definition) is 6. The second-order valence-corrected chi connectivity index (χ2v) is 9.05. The number of rotatable bonds is 4. The van der Waals surface area contributed by atoms with Crippen LogP contribution in [0.4, 0.5) is 5.69 Å². The topological polar surface area (TPSA) is 87.1 Å². The first-order chi connectivity index (χ1) is 15.2. The molecular weight excluding hydrogens is 497 g/mol. The number of benzene rings is 2. The largest absolute Gasteiger partial charge is 0.507 e. The molecule has 0 spiro atoms. The highest BCUT2D eigenvalue weighted by Gasteiger charge is 2.48. The van der Waals surface area contributed by atoms with Gasteiger partial charge in [-0.05, 0) is 41.8 Å². The summed E-state index contributed by atoms with van der Waals surface area (Å²) >= 11 is 19.7. The number of ketones is 1. The minimum atomic E-state index is -1.03. The van der Waals surface area contributed by atoms with Gasteiger partial charge in [0.1, 0.15) is 23.3 Å². The van der Waals surface area contributed by atoms with Gasteiger partial charge in [0.25, 0.3) is 11.7 Å². The molecule has 1 aromatic heterocycles. The summed E-state index contributed by atoms with van der Waals surface area (Å²) in [5.41, 5.74) is -0.110. The molecular formula is C22H14Cl3NO5S. The lowest BCUT2D eigenvalue weighted by molar-refractivity contribution is -0.132. The smallest absolute Gasteiger partial charge is 0.300 e. The van der Waals surface area contributed by atoms with Crippen molar-refractivity contribution in [2.24, 2.45) is 0 Å². The number of aromatic hydroxyl groups is 1. The van der Waals surface area contributed by atoms with Crippen LogP contribution < -0.4 is 9.64 Å². The second kappa shape index (κ2) is 8.67. The lowest BCUT2D eigenvalue weighted by atomic mass is 9.99. The van der Waals surface area contributed by atoms with E-state index < -0.39 is 23.5 Å². The van der Waals surface area contributed by atoms with Crippen molar-refractivity contribution in [2.45, 2.75) is 6.04 Å². The molecule has 2 aromatic carbocycles. The second-order valence-electron chi connectivity index (χ2n) is 6.79. The van der Waals surface area contributed by atoms with Crippen molar-refractivity contribution in [3.63, 3.8) is 0 Å². The summed E-state index contributed by atoms with van der Waals surface area (Å²) in [5.74, 6) is -2.54. The predicted molar refractivity (Wildman–Crippen MR) is 125 cm³/mol. The number of carbonyl (C=O) groups excluding carboxylic acids is 2. The van der Waals surface area contributed by atoms with E-state index >= 15 is 0 Å². The van der Waals surface area contributed by atoms with E-state index in [1.165, 1.54) is 48.8 Å². The SMILES string of the molecule is COc1c(Cl)cc(Cl)cc1/C(O)=C1/C(=O)C(=O)N(c2cc(Cl)ccc2O)C1c1cccs1. The Morgan fingerprint density at radius 2 is 1.84 bits per heavy atom. The molecule has 1 saturated heterocycles. The molecule has 0 saturated carbocycles. The van der Waals surface area contributed by atoms with Gasteiger partial charge in [0.05, 0.1) is 29.0 Å². The number of amides is 1. The van der Waals surface area contributed by atoms with Gasteiger partial charge in [0.15, 0.2) is 0 Å². The van der Waals surface area contributed by atoms with Crippen molar-refractivity contribution in [1.29, 1.82) is 0 Å². The molecule has 1 atom stereocenters. The fourth-order valence-electron chi connectivity index (χ4n) is 3.58. The molecule has 0 bridgehead atoms. The minimum Gasteiger partial charge on any atom is -0.507 e. The first-order valence-electron chi connectivity index (χ1n) is 9.11. The van der Waals surface area contributed by atoms with Crippen LogP contribution in [0.1, 0.15) is 16.5 Å². The molecule has 6 nitrogen and oxygen atoms in total. The van der Waals surface area contributed by atoms with E-state index in [1.54, 1.807) is 17.5 Å². The fraction of sp³-hybridized carbons (Fsp3) is 0.0909. The number of carbonyl (C=O) groups is 2. The molecule has 164 valence electrons. The van der Waals surface area contributed by atoms with Crippen molar-refractivity contribution in [3.05, 3.63) is 78.9 Å². The van der Waals surface area contributed by atoms with Gasteiger partial charge in [-0.1, -0.05) is 40.9 Å². The van der Waals surface area contributed by atoms with Gasteiger partial charge in [0, 0.05) is 14.9 Å². The molecule has 1 aliphatic heterocycles. The molecule has 1 aliphatic rings. The van der Waals surface area contributed by atoms with Gasteiger partial charge in [-0.3, -0.25) is 14.5 Å². The molecule has 1 unspecified atom stereocenters. The third-order valence-electron chi connectivity index (χ3n) is 4.92. The van der Waals surface area contributed by atoms with Gasteiger partial charge in [-0.25, -0.2) is 0 Å². The Hall–Kier alpha value is -2.71. The van der Waals surface area contributed by atoms with Crippen molar-refractivity contribution in [3.8, 4) is 11.5 Å². The number of methoxy groups -OCH3 is 1. The van der Waals surface area contributed by atoms with Gasteiger partial charge < -0.3 is 14.9 Å². The van der Waals surface area contributed by atoms with Crippen molar-refractivity contribution >= 4 is 69.3 Å². The summed E-state index contributed by atoms with van der Waals surface area (Å²) < 4.78 is 5.30. The number of hydrogen-bond donors (Lipinski definition) is 2. The standard InChI is InChI=1S/C22H14Cl3NO5S/c1-31-21-12(7-11(24)8-13(21)25)19(28)17-18(16-3-2-6-32-16)26(22(30)20(17)29)14-9-10(23)4-5-15(14)27/h2-9,18,27-28H,1H3/b19-17-. The molecule has 32 heavy (non-hydrogen) atoms. The zero-order valence-electron chi connectivity index (χ0n) is 16.3. The van der Waals surface area contributed by atoms with Gasteiger partial charge in [-0.2, -0.15) is 0 Å². The number of phenols is 1. The Morgan fingerprint density at radius 1 is 1.09 bits per heavy atom. The maximum Gasteiger partial charge on any atom is 0.300 e. The third-order valence-corrected chi connectivity index (χ3v) is 6.58. The zero-order valence-corrected chi connectivity index (χ0v) is 19.4. The Bertz CT molecular complexity index is 1270. The average Bonchev–Trinajstić information content (AvgIpc) is 3.36. The summed E-state index contributed by atoms with van der Waals surface area (Å²) in [4.78, 5) is 27.9. The Balaban J connectivity index is 2.01. The van der Waals surface area contributed by atoms with E-state index in [9.17, 15) is 19.8 Å². The Kier molecular flexibility index (Phi) is 6.09. The summed E-state index contributed by atoms with van der Waals surface area (Å²) in [6.45, 7) is 0. The number of anilines is 1. The summed E-state index contributed by atoms with van der Waals surface area (Å²) in [6, 6.07) is 9.40. The molecule has 0 aliphatic carbocycles. The van der Waals surface area contributed by atoms with Crippen LogP contribution in [0, 0.1) is 0 Å². The van der Waals surface area contributed by atoms with Crippen molar-refractivity contribution in [2.75, 3.05) is 12.0 Å². The fourth-order valence-corrected chi connectivity index (χ4v) is 5.14. The highest BCUT2D eigenvalue weighted by Crippen LogP contribution is 2.48. The summed E-state index contributed by atoms with van der Waals surface area (Å²) in [5, 5.41) is 24.0. The number of aliphatic hydroxyl groups excluding tert-OH is 1. The van der Waals surface area contributed by atoms with E-state index in [0.717, 1.165) is 4.90 Å². The van der Waals surface area contributed by atoms with Crippen LogP contribution in [0.3, 0.4) is 0 Å². The van der Waals surface area contributed by atoms with E-state index in [4.69, 9.17) is 39.5 Å². The number of Topliss-reactive ketones (excluding diaryl/α,β-unsaturated/α-hetero) is 1. The van der Waals surface area contributed by atoms with Gasteiger partial charge in [-0.15, -0.1) is 11.3 Å². The third kappa shape index (κ3) is 3.71. The van der Waals surface area contributed by atoms with Crippen LogP contribution in [-0.2, 0) is 9.59 Å². The monoisotopic (exact) mass is 509 g/mol. The number of phenolic OH excluding ortho intramolecular Hbond substituents is 1. The maximum atomic E-state index is 13.1. The van der Waals surface area contributed by atoms with Gasteiger partial charge >= 0.3 is 0 Å². The number of ether oxygens (including phenoxy) is 1. The van der Waals surface area contributed by atoms with Crippen LogP contribution in [0.15, 0.2) is 53.4 Å². The first-order valence-corrected chi connectivity index (χ1v) is 11.1. The number of thiophene rings is 1. The quantitative estimate of drug-likeness (QED) is 0.253. The Labute approximate surface area is 201 Å². The lowest BCUT2D eigenvalue weighted by Crippen LogP contribution is -2.29. The molecule has 0 radical (unpaired) electrons. The van der Waals surface area contributed by atoms with E-state index in [-0.39, 0.29) is 43.4 Å². The minimum absolute atomic E-state index is 0.0353. The lowest BCUT2D eigenvalue weighted by Gasteiger charge is -2.25. The maximum absolute atomic E-state index is 13.1. The highest BCUT2D eigenvalue weighted by molar-refractivity contribution is 7.10. The molecule has 4 rings (SSSR count). The van der Waals surface area contributed by atoms with E-state index in [0.29, 0.717) is 4.88 Å². The van der Waals surface area contributed by atoms with E-state index in [1.807, 2.05) is 0 Å². The number of halogens is 3. The number of aliphatic hydroxyl groups is 1. The van der Waals surface area contributed by atoms with Gasteiger partial charge in [0.2, 0.25) is 0 Å². The zero-order chi connectivity index (χ0) is 23.2. The normalized spacial score (nSPS) is 17.8. The van der Waals surface area contributed by atoms with Crippen LogP contribution in [0.25, 0.3) is 5.76 Å². The van der Waals surface area contributed by atoms with Crippen LogP contribution in [-0.4, -0.2) is 29.0 Å².